The fourth-order valence-corrected chi connectivity index (χ4v) is 5.57. The van der Waals surface area contributed by atoms with E-state index in [9.17, 15) is 23.1 Å². The highest BCUT2D eigenvalue weighted by atomic mass is 32.2. The highest BCUT2D eigenvalue weighted by Gasteiger charge is 2.34. The summed E-state index contributed by atoms with van der Waals surface area (Å²) in [7, 11) is -3.66. The van der Waals surface area contributed by atoms with Crippen molar-refractivity contribution in [2.45, 2.75) is 30.7 Å². The molecule has 8 heteroatoms. The zero-order chi connectivity index (χ0) is 22.0. The molecule has 0 saturated carbocycles. The molecule has 162 valence electrons. The number of rotatable bonds is 5. The molecule has 2 aromatic rings. The van der Waals surface area contributed by atoms with Gasteiger partial charge in [-0.15, -0.1) is 0 Å². The molecule has 0 spiro atoms. The van der Waals surface area contributed by atoms with E-state index in [1.807, 2.05) is 30.3 Å². The largest absolute Gasteiger partial charge is 0.481 e. The Balaban J connectivity index is 1.46. The van der Waals surface area contributed by atoms with Gasteiger partial charge in [-0.2, -0.15) is 4.31 Å². The van der Waals surface area contributed by atoms with Crippen LogP contribution in [0.1, 0.15) is 24.0 Å². The summed E-state index contributed by atoms with van der Waals surface area (Å²) in [5.74, 6) is -2.78. The van der Waals surface area contributed by atoms with Gasteiger partial charge in [-0.3, -0.25) is 9.59 Å². The van der Waals surface area contributed by atoms with E-state index >= 15 is 0 Å². The molecular weight excluding hydrogens is 416 g/mol. The zero-order valence-corrected chi connectivity index (χ0v) is 17.7. The van der Waals surface area contributed by atoms with Crippen molar-refractivity contribution >= 4 is 27.6 Å². The second-order valence-corrected chi connectivity index (χ2v) is 9.80. The Morgan fingerprint density at radius 3 is 2.26 bits per heavy atom. The number of nitrogens with one attached hydrogen (secondary N) is 1. The summed E-state index contributed by atoms with van der Waals surface area (Å²) in [5.41, 5.74) is 2.62. The summed E-state index contributed by atoms with van der Waals surface area (Å²) >= 11 is 0. The van der Waals surface area contributed by atoms with Gasteiger partial charge in [0.15, 0.2) is 0 Å². The predicted molar refractivity (Wildman–Crippen MR) is 116 cm³/mol. The number of carbonyl (C=O) groups excluding carboxylic acids is 1. The molecule has 2 N–H and O–H groups in total. The maximum absolute atomic E-state index is 13.1. The van der Waals surface area contributed by atoms with Crippen LogP contribution in [0.3, 0.4) is 0 Å². The van der Waals surface area contributed by atoms with Crippen LogP contribution in [-0.2, 0) is 32.6 Å². The molecule has 1 heterocycles. The smallest absolute Gasteiger partial charge is 0.307 e. The molecule has 7 nitrogen and oxygen atoms in total. The van der Waals surface area contributed by atoms with E-state index in [0.29, 0.717) is 38.0 Å². The highest BCUT2D eigenvalue weighted by Crippen LogP contribution is 2.28. The van der Waals surface area contributed by atoms with Crippen molar-refractivity contribution in [2.24, 2.45) is 11.8 Å². The van der Waals surface area contributed by atoms with Gasteiger partial charge in [0.2, 0.25) is 15.9 Å². The number of allylic oxidation sites excluding steroid dienone is 2. The van der Waals surface area contributed by atoms with Gasteiger partial charge in [-0.25, -0.2) is 8.42 Å². The van der Waals surface area contributed by atoms with Gasteiger partial charge in [0.1, 0.15) is 0 Å². The summed E-state index contributed by atoms with van der Waals surface area (Å²) < 4.78 is 27.6. The lowest BCUT2D eigenvalue weighted by Gasteiger charge is -2.28. The predicted octanol–water partition coefficient (Wildman–Crippen LogP) is 3.04. The first kappa shape index (κ1) is 21.3. The molecule has 2 aromatic carbocycles. The van der Waals surface area contributed by atoms with E-state index in [2.05, 4.69) is 5.32 Å². The SMILES string of the molecule is O=C(O)[C@H]1CC=CC[C@H]1C(=O)Nc1ccc(S(=O)(=O)N2CCc3ccccc3C2)cc1. The number of aliphatic carboxylic acids is 1. The van der Waals surface area contributed by atoms with Crippen molar-refractivity contribution in [1.82, 2.24) is 4.31 Å². The van der Waals surface area contributed by atoms with Crippen molar-refractivity contribution in [1.29, 1.82) is 0 Å². The van der Waals surface area contributed by atoms with Crippen molar-refractivity contribution < 1.29 is 23.1 Å². The Morgan fingerprint density at radius 1 is 0.935 bits per heavy atom. The second kappa shape index (κ2) is 8.64. The van der Waals surface area contributed by atoms with Crippen molar-refractivity contribution in [3.63, 3.8) is 0 Å². The van der Waals surface area contributed by atoms with Crippen LogP contribution < -0.4 is 5.32 Å². The lowest BCUT2D eigenvalue weighted by Crippen LogP contribution is -2.36. The number of carbonyl (C=O) groups is 2. The maximum Gasteiger partial charge on any atom is 0.307 e. The molecule has 0 unspecified atom stereocenters. The third-order valence-electron chi connectivity index (χ3n) is 5.94. The summed E-state index contributed by atoms with van der Waals surface area (Å²) in [5, 5.41) is 12.1. The van der Waals surface area contributed by atoms with E-state index in [4.69, 9.17) is 0 Å². The number of fused-ring (bicyclic) bond motifs is 1. The van der Waals surface area contributed by atoms with Gasteiger partial charge in [0.25, 0.3) is 0 Å². The summed E-state index contributed by atoms with van der Waals surface area (Å²) in [6.07, 6.45) is 4.96. The van der Waals surface area contributed by atoms with Crippen LogP contribution in [-0.4, -0.2) is 36.3 Å². The molecule has 4 rings (SSSR count). The molecule has 0 fully saturated rings. The Bertz CT molecular complexity index is 1120. The maximum atomic E-state index is 13.1. The molecule has 1 amide bonds. The van der Waals surface area contributed by atoms with Crippen LogP contribution in [0.25, 0.3) is 0 Å². The van der Waals surface area contributed by atoms with Gasteiger partial charge in [-0.05, 0) is 54.7 Å². The fourth-order valence-electron chi connectivity index (χ4n) is 4.15. The van der Waals surface area contributed by atoms with Gasteiger partial charge < -0.3 is 10.4 Å². The van der Waals surface area contributed by atoms with Crippen LogP contribution in [0.15, 0.2) is 65.6 Å². The molecule has 1 aliphatic heterocycles. The third kappa shape index (κ3) is 4.40. The Labute approximate surface area is 181 Å². The first-order chi connectivity index (χ1) is 14.9. The zero-order valence-electron chi connectivity index (χ0n) is 16.9. The molecule has 0 aromatic heterocycles. The van der Waals surface area contributed by atoms with E-state index in [0.717, 1.165) is 5.56 Å². The fraction of sp³-hybridized carbons (Fsp3) is 0.304. The topological polar surface area (TPSA) is 104 Å². The Hall–Kier alpha value is -2.97. The minimum atomic E-state index is -3.66. The van der Waals surface area contributed by atoms with Gasteiger partial charge in [0.05, 0.1) is 16.7 Å². The van der Waals surface area contributed by atoms with Crippen molar-refractivity contribution in [3.05, 3.63) is 71.8 Å². The number of hydrogen-bond acceptors (Lipinski definition) is 4. The average molecular weight is 441 g/mol. The lowest BCUT2D eigenvalue weighted by atomic mass is 9.82. The van der Waals surface area contributed by atoms with Crippen LogP contribution in [0, 0.1) is 11.8 Å². The van der Waals surface area contributed by atoms with E-state index < -0.39 is 27.8 Å². The monoisotopic (exact) mass is 440 g/mol. The Kier molecular flexibility index (Phi) is 5.93. The number of carboxylic acids is 1. The molecule has 0 radical (unpaired) electrons. The summed E-state index contributed by atoms with van der Waals surface area (Å²) in [6.45, 7) is 0.756. The quantitative estimate of drug-likeness (QED) is 0.696. The lowest BCUT2D eigenvalue weighted by molar-refractivity contribution is -0.146. The first-order valence-corrected chi connectivity index (χ1v) is 11.7. The molecule has 2 atom stereocenters. The molecule has 0 bridgehead atoms. The highest BCUT2D eigenvalue weighted by molar-refractivity contribution is 7.89. The number of amides is 1. The standard InChI is InChI=1S/C23H24N2O5S/c26-22(20-7-3-4-8-21(20)23(27)28)24-18-9-11-19(12-10-18)31(29,30)25-14-13-16-5-1-2-6-17(16)15-25/h1-6,9-12,20-21H,7-8,13-15H2,(H,24,26)(H,27,28)/t20-,21+/m1/s1. The van der Waals surface area contributed by atoms with E-state index in [-0.39, 0.29) is 10.8 Å². The summed E-state index contributed by atoms with van der Waals surface area (Å²) in [4.78, 5) is 24.2. The van der Waals surface area contributed by atoms with Crippen molar-refractivity contribution in [2.75, 3.05) is 11.9 Å². The number of nitrogens with zero attached hydrogens (tertiary/aromatic N) is 1. The first-order valence-electron chi connectivity index (χ1n) is 10.2. The number of anilines is 1. The minimum absolute atomic E-state index is 0.161. The molecule has 31 heavy (non-hydrogen) atoms. The number of carboxylic acid groups (broad SMARTS) is 1. The Morgan fingerprint density at radius 2 is 1.58 bits per heavy atom. The van der Waals surface area contributed by atoms with Crippen LogP contribution in [0.5, 0.6) is 0 Å². The minimum Gasteiger partial charge on any atom is -0.481 e. The molecular formula is C23H24N2O5S. The average Bonchev–Trinajstić information content (AvgIpc) is 2.79. The van der Waals surface area contributed by atoms with E-state index in [1.165, 1.54) is 34.1 Å². The van der Waals surface area contributed by atoms with Crippen LogP contribution in [0.4, 0.5) is 5.69 Å². The number of hydrogen-bond donors (Lipinski definition) is 2. The second-order valence-electron chi connectivity index (χ2n) is 7.86. The van der Waals surface area contributed by atoms with Gasteiger partial charge in [-0.1, -0.05) is 36.4 Å². The molecule has 1 aliphatic carbocycles. The van der Waals surface area contributed by atoms with Crippen LogP contribution >= 0.6 is 0 Å². The third-order valence-corrected chi connectivity index (χ3v) is 7.80. The van der Waals surface area contributed by atoms with Gasteiger partial charge >= 0.3 is 5.97 Å². The molecule has 0 saturated heterocycles. The van der Waals surface area contributed by atoms with Crippen molar-refractivity contribution in [3.8, 4) is 0 Å². The summed E-state index contributed by atoms with van der Waals surface area (Å²) in [6, 6.07) is 13.9. The molecule has 2 aliphatic rings. The van der Waals surface area contributed by atoms with E-state index in [1.54, 1.807) is 6.08 Å². The normalized spacial score (nSPS) is 21.3. The van der Waals surface area contributed by atoms with Crippen LogP contribution in [0.2, 0.25) is 0 Å². The number of benzene rings is 2. The van der Waals surface area contributed by atoms with Gasteiger partial charge in [0, 0.05) is 18.8 Å². The number of sulfonamides is 1.